The summed E-state index contributed by atoms with van der Waals surface area (Å²) in [6.45, 7) is 4.12. The Hall–Kier alpha value is -3.01. The highest BCUT2D eigenvalue weighted by atomic mass is 35.5. The van der Waals surface area contributed by atoms with Crippen LogP contribution in [0.25, 0.3) is 0 Å². The van der Waals surface area contributed by atoms with Crippen molar-refractivity contribution in [3.05, 3.63) is 53.2 Å². The molecule has 0 bridgehead atoms. The van der Waals surface area contributed by atoms with Gasteiger partial charge in [0.15, 0.2) is 0 Å². The second kappa shape index (κ2) is 9.56. The van der Waals surface area contributed by atoms with E-state index in [2.05, 4.69) is 4.98 Å². The van der Waals surface area contributed by atoms with Crippen molar-refractivity contribution in [2.45, 2.75) is 37.9 Å². The Morgan fingerprint density at radius 3 is 2.29 bits per heavy atom. The van der Waals surface area contributed by atoms with Gasteiger partial charge in [-0.25, -0.2) is 9.78 Å². The number of carbonyl (C=O) groups excluding carboxylic acids is 2. The Bertz CT molecular complexity index is 1100. The molecule has 1 saturated carbocycles. The van der Waals surface area contributed by atoms with Crippen LogP contribution in [-0.2, 0) is 10.9 Å². The van der Waals surface area contributed by atoms with Gasteiger partial charge >= 0.3 is 12.3 Å². The predicted octanol–water partition coefficient (Wildman–Crippen LogP) is 4.71. The smallest absolute Gasteiger partial charge is 0.417 e. The van der Waals surface area contributed by atoms with E-state index in [1.807, 2.05) is 11.8 Å². The number of benzene rings is 1. The number of anilines is 2. The molecular weight excluding hydrogens is 485 g/mol. The Morgan fingerprint density at radius 1 is 1.09 bits per heavy atom. The van der Waals surface area contributed by atoms with Gasteiger partial charge in [0.1, 0.15) is 12.4 Å². The lowest BCUT2D eigenvalue weighted by Gasteiger charge is -2.36. The molecule has 5 rings (SSSR count). The fourth-order valence-electron chi connectivity index (χ4n) is 4.53. The summed E-state index contributed by atoms with van der Waals surface area (Å²) in [5, 5.41) is 0. The van der Waals surface area contributed by atoms with Crippen molar-refractivity contribution in [1.29, 1.82) is 0 Å². The van der Waals surface area contributed by atoms with E-state index in [9.17, 15) is 22.8 Å². The average Bonchev–Trinajstić information content (AvgIpc) is 3.62. The number of hydrogen-bond acceptors (Lipinski definition) is 5. The molecule has 2 amide bonds. The monoisotopic (exact) mass is 510 g/mol. The third-order valence-electron chi connectivity index (χ3n) is 6.58. The maximum Gasteiger partial charge on any atom is 0.417 e. The Kier molecular flexibility index (Phi) is 6.86. The number of rotatable bonds is 4. The van der Waals surface area contributed by atoms with Gasteiger partial charge in [0.2, 0.25) is 0 Å². The van der Waals surface area contributed by atoms with Gasteiger partial charge in [0.05, 0.1) is 11.6 Å². The van der Waals surface area contributed by atoms with Crippen LogP contribution in [0.4, 0.5) is 29.5 Å². The van der Waals surface area contributed by atoms with Crippen molar-refractivity contribution >= 4 is 35.9 Å². The highest BCUT2D eigenvalue weighted by Crippen LogP contribution is 2.45. The number of amides is 2. The first kappa shape index (κ1) is 25.1. The summed E-state index contributed by atoms with van der Waals surface area (Å²) in [6.07, 6.45) is -2.16. The minimum absolute atomic E-state index is 0. The second-order valence-corrected chi connectivity index (χ2v) is 9.03. The summed E-state index contributed by atoms with van der Waals surface area (Å²) >= 11 is 0. The van der Waals surface area contributed by atoms with Crippen LogP contribution in [0.2, 0.25) is 0 Å². The SMILES string of the molecule is C[C@@H]1COC(=O)N1c1ccc(C(=O)N2CCN(c3ncc(C(F)(F)F)cc3C3CC3)CC2)cc1.Cl. The molecule has 3 heterocycles. The van der Waals surface area contributed by atoms with Crippen molar-refractivity contribution in [2.24, 2.45) is 0 Å². The molecule has 188 valence electrons. The van der Waals surface area contributed by atoms with Crippen LogP contribution in [0.15, 0.2) is 36.5 Å². The fraction of sp³-hybridized carbons (Fsp3) is 0.458. The quantitative estimate of drug-likeness (QED) is 0.596. The van der Waals surface area contributed by atoms with Crippen molar-refractivity contribution in [3.63, 3.8) is 0 Å². The molecule has 35 heavy (non-hydrogen) atoms. The van der Waals surface area contributed by atoms with E-state index >= 15 is 0 Å². The van der Waals surface area contributed by atoms with Crippen LogP contribution in [0, 0.1) is 0 Å². The third-order valence-corrected chi connectivity index (χ3v) is 6.58. The topological polar surface area (TPSA) is 66.0 Å². The maximum atomic E-state index is 13.2. The summed E-state index contributed by atoms with van der Waals surface area (Å²) in [5.41, 5.74) is 1.13. The van der Waals surface area contributed by atoms with Crippen LogP contribution >= 0.6 is 12.4 Å². The van der Waals surface area contributed by atoms with Gasteiger partial charge in [-0.1, -0.05) is 0 Å². The number of carbonyl (C=O) groups is 2. The first-order chi connectivity index (χ1) is 16.2. The number of hydrogen-bond donors (Lipinski definition) is 0. The van der Waals surface area contributed by atoms with E-state index in [0.717, 1.165) is 19.0 Å². The molecule has 0 spiro atoms. The fourth-order valence-corrected chi connectivity index (χ4v) is 4.53. The standard InChI is InChI=1S/C24H25F3N4O3.ClH/c1-15-14-34-23(33)31(15)19-6-4-17(5-7-19)22(32)30-10-8-29(9-11-30)21-20(16-2-3-16)12-18(13-28-21)24(25,26)27;/h4-7,12-13,15-16H,2-3,8-11,14H2,1H3;1H/t15-;/m1./s1. The van der Waals surface area contributed by atoms with E-state index in [1.54, 1.807) is 34.1 Å². The summed E-state index contributed by atoms with van der Waals surface area (Å²) in [5.74, 6) is 0.600. The zero-order valence-electron chi connectivity index (χ0n) is 19.1. The highest BCUT2D eigenvalue weighted by Gasteiger charge is 2.36. The van der Waals surface area contributed by atoms with Crippen LogP contribution in [0.1, 0.15) is 47.2 Å². The Labute approximate surface area is 207 Å². The van der Waals surface area contributed by atoms with Gasteiger partial charge < -0.3 is 14.5 Å². The van der Waals surface area contributed by atoms with Crippen LogP contribution < -0.4 is 9.80 Å². The molecule has 0 N–H and O–H groups in total. The van der Waals surface area contributed by atoms with Gasteiger partial charge in [-0.2, -0.15) is 13.2 Å². The summed E-state index contributed by atoms with van der Waals surface area (Å²) in [7, 11) is 0. The molecule has 11 heteroatoms. The molecule has 1 atom stereocenters. The number of cyclic esters (lactones) is 1. The second-order valence-electron chi connectivity index (χ2n) is 9.03. The van der Waals surface area contributed by atoms with E-state index < -0.39 is 17.8 Å². The molecule has 1 aliphatic carbocycles. The number of halogens is 4. The summed E-state index contributed by atoms with van der Waals surface area (Å²) < 4.78 is 44.5. The minimum Gasteiger partial charge on any atom is -0.447 e. The van der Waals surface area contributed by atoms with E-state index in [-0.39, 0.29) is 30.3 Å². The molecule has 3 fully saturated rings. The lowest BCUT2D eigenvalue weighted by molar-refractivity contribution is -0.137. The lowest BCUT2D eigenvalue weighted by Crippen LogP contribution is -2.49. The molecule has 1 aromatic carbocycles. The van der Waals surface area contributed by atoms with Crippen LogP contribution in [0.5, 0.6) is 0 Å². The van der Waals surface area contributed by atoms with Gasteiger partial charge in [-0.3, -0.25) is 9.69 Å². The number of pyridine rings is 1. The van der Waals surface area contributed by atoms with Crippen LogP contribution in [-0.4, -0.2) is 60.7 Å². The molecule has 0 unspecified atom stereocenters. The lowest BCUT2D eigenvalue weighted by atomic mass is 10.1. The third kappa shape index (κ3) is 5.03. The first-order valence-corrected chi connectivity index (χ1v) is 11.4. The predicted molar refractivity (Wildman–Crippen MR) is 126 cm³/mol. The van der Waals surface area contributed by atoms with Gasteiger partial charge in [0.25, 0.3) is 5.91 Å². The number of alkyl halides is 3. The number of aromatic nitrogens is 1. The zero-order valence-corrected chi connectivity index (χ0v) is 19.9. The summed E-state index contributed by atoms with van der Waals surface area (Å²) in [4.78, 5) is 34.3. The maximum absolute atomic E-state index is 13.2. The Balaban J connectivity index is 0.00000289. The number of nitrogens with zero attached hydrogens (tertiary/aromatic N) is 4. The largest absolute Gasteiger partial charge is 0.447 e. The molecular formula is C24H26ClF3N4O3. The van der Waals surface area contributed by atoms with Gasteiger partial charge in [-0.05, 0) is 61.6 Å². The molecule has 2 saturated heterocycles. The first-order valence-electron chi connectivity index (χ1n) is 11.4. The number of piperazine rings is 1. The van der Waals surface area contributed by atoms with Crippen LogP contribution in [0.3, 0.4) is 0 Å². The molecule has 2 aliphatic heterocycles. The normalized spacial score (nSPS) is 20.5. The molecule has 2 aromatic rings. The van der Waals surface area contributed by atoms with E-state index in [1.165, 1.54) is 6.07 Å². The van der Waals surface area contributed by atoms with Gasteiger partial charge in [0, 0.05) is 43.6 Å². The zero-order chi connectivity index (χ0) is 24.0. The van der Waals surface area contributed by atoms with Crippen molar-refractivity contribution in [2.75, 3.05) is 42.6 Å². The van der Waals surface area contributed by atoms with Crippen molar-refractivity contribution < 1.29 is 27.5 Å². The average molecular weight is 511 g/mol. The van der Waals surface area contributed by atoms with Gasteiger partial charge in [-0.15, -0.1) is 12.4 Å². The molecule has 1 aromatic heterocycles. The molecule has 3 aliphatic rings. The molecule has 0 radical (unpaired) electrons. The number of ether oxygens (including phenoxy) is 1. The minimum atomic E-state index is -4.41. The Morgan fingerprint density at radius 2 is 1.74 bits per heavy atom. The molecule has 7 nitrogen and oxygen atoms in total. The van der Waals surface area contributed by atoms with Crippen molar-refractivity contribution in [3.8, 4) is 0 Å². The van der Waals surface area contributed by atoms with Crippen molar-refractivity contribution in [1.82, 2.24) is 9.88 Å². The van der Waals surface area contributed by atoms with E-state index in [4.69, 9.17) is 4.74 Å². The summed E-state index contributed by atoms with van der Waals surface area (Å²) in [6, 6.07) is 8.04. The highest BCUT2D eigenvalue weighted by molar-refractivity contribution is 5.96. The van der Waals surface area contributed by atoms with E-state index in [0.29, 0.717) is 55.4 Å².